The van der Waals surface area contributed by atoms with Crippen LogP contribution in [0.25, 0.3) is 10.9 Å². The van der Waals surface area contributed by atoms with E-state index in [0.29, 0.717) is 30.6 Å². The lowest BCUT2D eigenvalue weighted by Crippen LogP contribution is -2.19. The van der Waals surface area contributed by atoms with Crippen LogP contribution in [0.4, 0.5) is 4.39 Å². The minimum atomic E-state index is -1.01. The lowest BCUT2D eigenvalue weighted by molar-refractivity contribution is 0.0684. The van der Waals surface area contributed by atoms with Gasteiger partial charge in [0.2, 0.25) is 0 Å². The normalized spacial score (nSPS) is 11.0. The van der Waals surface area contributed by atoms with Gasteiger partial charge in [-0.25, -0.2) is 9.18 Å². The van der Waals surface area contributed by atoms with E-state index < -0.39 is 5.97 Å². The number of nitrogens with zero attached hydrogens (tertiary/aromatic N) is 1. The van der Waals surface area contributed by atoms with Crippen molar-refractivity contribution in [2.75, 3.05) is 20.8 Å². The first-order valence-corrected chi connectivity index (χ1v) is 11.0. The molecule has 0 amide bonds. The van der Waals surface area contributed by atoms with Gasteiger partial charge in [-0.15, -0.1) is 0 Å². The zero-order chi connectivity index (χ0) is 24.1. The molecule has 0 spiro atoms. The van der Waals surface area contributed by atoms with Gasteiger partial charge in [0.1, 0.15) is 23.0 Å². The molecule has 6 nitrogen and oxygen atoms in total. The number of nitrogens with one attached hydrogen (secondary N) is 1. The number of hydrogen-bond donors (Lipinski definition) is 2. The molecule has 0 aliphatic carbocycles. The van der Waals surface area contributed by atoms with E-state index in [1.165, 1.54) is 12.1 Å². The average molecular weight is 463 g/mol. The van der Waals surface area contributed by atoms with Crippen molar-refractivity contribution in [3.05, 3.63) is 94.9 Å². The third-order valence-corrected chi connectivity index (χ3v) is 5.87. The quantitative estimate of drug-likeness (QED) is 0.329. The maximum Gasteiger partial charge on any atom is 0.352 e. The lowest BCUT2D eigenvalue weighted by atomic mass is 10.1. The fraction of sp³-hybridized carbons (Fsp3) is 0.222. The van der Waals surface area contributed by atoms with Crippen LogP contribution < -0.4 is 14.8 Å². The number of carboxylic acids is 1. The van der Waals surface area contributed by atoms with E-state index in [1.807, 2.05) is 42.5 Å². The number of aromatic nitrogens is 1. The Morgan fingerprint density at radius 2 is 1.85 bits per heavy atom. The Morgan fingerprint density at radius 3 is 2.59 bits per heavy atom. The number of halogens is 1. The van der Waals surface area contributed by atoms with Gasteiger partial charge >= 0.3 is 5.97 Å². The highest BCUT2D eigenvalue weighted by molar-refractivity contribution is 5.98. The van der Waals surface area contributed by atoms with Gasteiger partial charge in [0.05, 0.1) is 14.2 Å². The summed E-state index contributed by atoms with van der Waals surface area (Å²) in [6.07, 6.45) is 0.685. The predicted molar refractivity (Wildman–Crippen MR) is 129 cm³/mol. The smallest absolute Gasteiger partial charge is 0.352 e. The molecule has 4 rings (SSSR count). The second-order valence-electron chi connectivity index (χ2n) is 7.97. The number of fused-ring (bicyclic) bond motifs is 1. The molecule has 2 N–H and O–H groups in total. The Labute approximate surface area is 197 Å². The largest absolute Gasteiger partial charge is 0.497 e. The van der Waals surface area contributed by atoms with Crippen LogP contribution in [0.15, 0.2) is 66.7 Å². The average Bonchev–Trinajstić information content (AvgIpc) is 3.15. The standard InChI is InChI=1S/C27H27FN2O4/c1-33-21-10-11-25(34-2)19(15-21)12-13-29-16-23-22-8-3-4-9-24(22)30(26(23)27(31)32)17-18-6-5-7-20(28)14-18/h3-11,14-15,29H,12-13,16-17H2,1-2H3,(H,31,32). The Morgan fingerprint density at radius 1 is 1.03 bits per heavy atom. The van der Waals surface area contributed by atoms with Crippen molar-refractivity contribution >= 4 is 16.9 Å². The van der Waals surface area contributed by atoms with Gasteiger partial charge in [-0.3, -0.25) is 0 Å². The van der Waals surface area contributed by atoms with Crippen LogP contribution in [-0.2, 0) is 19.5 Å². The van der Waals surface area contributed by atoms with E-state index >= 15 is 0 Å². The van der Waals surface area contributed by atoms with Crippen LogP contribution in [0.2, 0.25) is 0 Å². The number of para-hydroxylation sites is 1. The first-order valence-electron chi connectivity index (χ1n) is 11.0. The van der Waals surface area contributed by atoms with Crippen LogP contribution >= 0.6 is 0 Å². The van der Waals surface area contributed by atoms with Crippen molar-refractivity contribution in [3.8, 4) is 11.5 Å². The lowest BCUT2D eigenvalue weighted by Gasteiger charge is -2.12. The molecular formula is C27H27FN2O4. The molecule has 176 valence electrons. The van der Waals surface area contributed by atoms with Crippen molar-refractivity contribution in [1.82, 2.24) is 9.88 Å². The molecule has 7 heteroatoms. The number of rotatable bonds is 10. The molecule has 0 radical (unpaired) electrons. The highest BCUT2D eigenvalue weighted by Gasteiger charge is 2.22. The molecule has 1 heterocycles. The van der Waals surface area contributed by atoms with Gasteiger partial charge in [0.25, 0.3) is 0 Å². The molecule has 3 aromatic carbocycles. The zero-order valence-electron chi connectivity index (χ0n) is 19.2. The van der Waals surface area contributed by atoms with Crippen molar-refractivity contribution in [2.45, 2.75) is 19.5 Å². The number of methoxy groups -OCH3 is 2. The molecule has 0 bridgehead atoms. The molecule has 0 unspecified atom stereocenters. The zero-order valence-corrected chi connectivity index (χ0v) is 19.2. The second-order valence-corrected chi connectivity index (χ2v) is 7.97. The molecule has 1 aromatic heterocycles. The maximum absolute atomic E-state index is 13.7. The molecule has 0 aliphatic heterocycles. The summed E-state index contributed by atoms with van der Waals surface area (Å²) in [6, 6.07) is 19.5. The predicted octanol–water partition coefficient (Wildman–Crippen LogP) is 4.88. The van der Waals surface area contributed by atoms with Crippen LogP contribution in [0, 0.1) is 5.82 Å². The summed E-state index contributed by atoms with van der Waals surface area (Å²) < 4.78 is 26.2. The van der Waals surface area contributed by atoms with Crippen molar-refractivity contribution in [2.24, 2.45) is 0 Å². The first kappa shape index (κ1) is 23.3. The Hall–Kier alpha value is -3.84. The van der Waals surface area contributed by atoms with Crippen molar-refractivity contribution < 1.29 is 23.8 Å². The summed E-state index contributed by atoms with van der Waals surface area (Å²) in [6.45, 7) is 1.26. The van der Waals surface area contributed by atoms with Gasteiger partial charge in [0, 0.05) is 29.6 Å². The first-order chi connectivity index (χ1) is 16.5. The van der Waals surface area contributed by atoms with Gasteiger partial charge in [-0.05, 0) is 60.5 Å². The van der Waals surface area contributed by atoms with E-state index in [2.05, 4.69) is 5.32 Å². The van der Waals surface area contributed by atoms with Crippen LogP contribution in [0.1, 0.15) is 27.2 Å². The molecule has 0 fully saturated rings. The summed E-state index contributed by atoms with van der Waals surface area (Å²) in [5.41, 5.74) is 3.42. The van der Waals surface area contributed by atoms with E-state index in [-0.39, 0.29) is 18.1 Å². The number of benzene rings is 3. The number of carboxylic acid groups (broad SMARTS) is 1. The molecular weight excluding hydrogens is 435 g/mol. The summed E-state index contributed by atoms with van der Waals surface area (Å²) in [5.74, 6) is 0.171. The van der Waals surface area contributed by atoms with Crippen LogP contribution in [0.5, 0.6) is 11.5 Å². The van der Waals surface area contributed by atoms with Crippen LogP contribution in [0.3, 0.4) is 0 Å². The number of aromatic carboxylic acids is 1. The minimum Gasteiger partial charge on any atom is -0.497 e. The number of hydrogen-bond acceptors (Lipinski definition) is 4. The SMILES string of the molecule is COc1ccc(OC)c(CCNCc2c(C(=O)O)n(Cc3cccc(F)c3)c3ccccc23)c1. The number of ether oxygens (including phenoxy) is 2. The summed E-state index contributed by atoms with van der Waals surface area (Å²) in [5, 5.41) is 14.3. The highest BCUT2D eigenvalue weighted by Crippen LogP contribution is 2.28. The molecule has 0 saturated carbocycles. The number of carbonyl (C=O) groups is 1. The fourth-order valence-electron chi connectivity index (χ4n) is 4.29. The van der Waals surface area contributed by atoms with Gasteiger partial charge in [-0.2, -0.15) is 0 Å². The topological polar surface area (TPSA) is 72.7 Å². The van der Waals surface area contributed by atoms with Crippen LogP contribution in [-0.4, -0.2) is 36.4 Å². The van der Waals surface area contributed by atoms with Gasteiger partial charge in [-0.1, -0.05) is 30.3 Å². The van der Waals surface area contributed by atoms with Crippen molar-refractivity contribution in [3.63, 3.8) is 0 Å². The molecule has 4 aromatic rings. The summed E-state index contributed by atoms with van der Waals surface area (Å²) >= 11 is 0. The Bertz CT molecular complexity index is 1320. The third-order valence-electron chi connectivity index (χ3n) is 5.87. The van der Waals surface area contributed by atoms with Gasteiger partial charge in [0.15, 0.2) is 0 Å². The molecule has 0 aliphatic rings. The summed E-state index contributed by atoms with van der Waals surface area (Å²) in [4.78, 5) is 12.3. The second kappa shape index (κ2) is 10.4. The minimum absolute atomic E-state index is 0.205. The molecule has 0 saturated heterocycles. The highest BCUT2D eigenvalue weighted by atomic mass is 19.1. The Kier molecular flexibility index (Phi) is 7.13. The molecule has 0 atom stereocenters. The van der Waals surface area contributed by atoms with Crippen molar-refractivity contribution in [1.29, 1.82) is 0 Å². The van der Waals surface area contributed by atoms with Gasteiger partial charge < -0.3 is 24.5 Å². The Balaban J connectivity index is 1.59. The fourth-order valence-corrected chi connectivity index (χ4v) is 4.29. The van der Waals surface area contributed by atoms with E-state index in [0.717, 1.165) is 28.0 Å². The van der Waals surface area contributed by atoms with E-state index in [9.17, 15) is 14.3 Å². The monoisotopic (exact) mass is 462 g/mol. The summed E-state index contributed by atoms with van der Waals surface area (Å²) in [7, 11) is 3.25. The van der Waals surface area contributed by atoms with E-state index in [1.54, 1.807) is 30.9 Å². The van der Waals surface area contributed by atoms with E-state index in [4.69, 9.17) is 9.47 Å². The molecule has 34 heavy (non-hydrogen) atoms. The third kappa shape index (κ3) is 4.89. The maximum atomic E-state index is 13.7.